The van der Waals surface area contributed by atoms with Crippen LogP contribution in [-0.4, -0.2) is 31.0 Å². The smallest absolute Gasteiger partial charge is 0.226 e. The molecule has 0 bridgehead atoms. The van der Waals surface area contributed by atoms with Gasteiger partial charge in [0.2, 0.25) is 5.91 Å². The van der Waals surface area contributed by atoms with Crippen LogP contribution in [0.4, 0.5) is 0 Å². The Kier molecular flexibility index (Phi) is 10.2. The Morgan fingerprint density at radius 3 is 2.71 bits per heavy atom. The zero-order chi connectivity index (χ0) is 13.7. The van der Waals surface area contributed by atoms with Gasteiger partial charge in [-0.2, -0.15) is 0 Å². The number of likely N-dealkylation sites (N-methyl/N-ethyl adjacent to an activating group) is 1. The Hall–Kier alpha value is -0.370. The molecule has 21 heavy (non-hydrogen) atoms. The van der Waals surface area contributed by atoms with Crippen molar-refractivity contribution in [2.45, 2.75) is 6.42 Å². The van der Waals surface area contributed by atoms with Gasteiger partial charge in [-0.15, -0.1) is 47.5 Å². The SMILES string of the molecule is CNCCNC(=O)Cc1csc(-c2ccc(Cl)s2)n1.Cl.Cl. The fourth-order valence-electron chi connectivity index (χ4n) is 1.48. The van der Waals surface area contributed by atoms with Crippen LogP contribution in [0.2, 0.25) is 4.34 Å². The lowest BCUT2D eigenvalue weighted by atomic mass is 10.3. The number of hydrogen-bond donors (Lipinski definition) is 2. The summed E-state index contributed by atoms with van der Waals surface area (Å²) in [5.74, 6) is -0.00341. The minimum Gasteiger partial charge on any atom is -0.354 e. The number of thiophene rings is 1. The minimum atomic E-state index is -0.00341. The first-order valence-corrected chi connectivity index (χ1v) is 7.88. The standard InChI is InChI=1S/C12H14ClN3OS2.2ClH/c1-14-4-5-15-11(17)6-8-7-18-12(16-8)9-2-3-10(13)19-9;;/h2-3,7,14H,4-6H2,1H3,(H,15,17);2*1H. The molecule has 0 unspecified atom stereocenters. The van der Waals surface area contributed by atoms with E-state index in [4.69, 9.17) is 11.6 Å². The van der Waals surface area contributed by atoms with Crippen LogP contribution in [0.3, 0.4) is 0 Å². The molecule has 0 saturated heterocycles. The molecule has 0 radical (unpaired) electrons. The second-order valence-corrected chi connectivity index (χ2v) is 6.45. The van der Waals surface area contributed by atoms with Crippen LogP contribution in [-0.2, 0) is 11.2 Å². The lowest BCUT2D eigenvalue weighted by molar-refractivity contribution is -0.120. The summed E-state index contributed by atoms with van der Waals surface area (Å²) in [5.41, 5.74) is 0.798. The van der Waals surface area contributed by atoms with Crippen molar-refractivity contribution in [3.63, 3.8) is 0 Å². The van der Waals surface area contributed by atoms with Crippen molar-refractivity contribution in [2.75, 3.05) is 20.1 Å². The van der Waals surface area contributed by atoms with Crippen LogP contribution in [0.15, 0.2) is 17.5 Å². The van der Waals surface area contributed by atoms with Gasteiger partial charge in [0.15, 0.2) is 0 Å². The maximum atomic E-state index is 11.6. The maximum Gasteiger partial charge on any atom is 0.226 e. The van der Waals surface area contributed by atoms with Crippen LogP contribution in [0.5, 0.6) is 0 Å². The highest BCUT2D eigenvalue weighted by Gasteiger charge is 2.10. The molecule has 2 rings (SSSR count). The van der Waals surface area contributed by atoms with Gasteiger partial charge in [0.05, 0.1) is 21.3 Å². The van der Waals surface area contributed by atoms with E-state index in [2.05, 4.69) is 15.6 Å². The van der Waals surface area contributed by atoms with E-state index >= 15 is 0 Å². The van der Waals surface area contributed by atoms with Gasteiger partial charge >= 0.3 is 0 Å². The summed E-state index contributed by atoms with van der Waals surface area (Å²) in [5, 5.41) is 8.63. The topological polar surface area (TPSA) is 54.0 Å². The Morgan fingerprint density at radius 2 is 2.10 bits per heavy atom. The van der Waals surface area contributed by atoms with Crippen molar-refractivity contribution in [2.24, 2.45) is 0 Å². The fourth-order valence-corrected chi connectivity index (χ4v) is 3.42. The molecule has 2 aromatic rings. The molecule has 0 fully saturated rings. The number of thiazole rings is 1. The van der Waals surface area contributed by atoms with Gasteiger partial charge in [-0.25, -0.2) is 4.98 Å². The molecular formula is C12H16Cl3N3OS2. The third-order valence-electron chi connectivity index (χ3n) is 2.37. The lowest BCUT2D eigenvalue weighted by Crippen LogP contribution is -2.31. The number of nitrogens with one attached hydrogen (secondary N) is 2. The highest BCUT2D eigenvalue weighted by molar-refractivity contribution is 7.23. The van der Waals surface area contributed by atoms with E-state index in [1.807, 2.05) is 24.6 Å². The molecule has 2 aromatic heterocycles. The van der Waals surface area contributed by atoms with Crippen molar-refractivity contribution in [3.05, 3.63) is 27.5 Å². The summed E-state index contributed by atoms with van der Waals surface area (Å²) >= 11 is 8.93. The minimum absolute atomic E-state index is 0. The van der Waals surface area contributed by atoms with E-state index in [0.29, 0.717) is 13.0 Å². The van der Waals surface area contributed by atoms with E-state index in [0.717, 1.165) is 26.5 Å². The number of halogens is 3. The molecule has 0 aliphatic rings. The van der Waals surface area contributed by atoms with Gasteiger partial charge in [0.1, 0.15) is 5.01 Å². The van der Waals surface area contributed by atoms with E-state index in [1.165, 1.54) is 22.7 Å². The zero-order valence-corrected chi connectivity index (χ0v) is 15.2. The highest BCUT2D eigenvalue weighted by Crippen LogP contribution is 2.32. The Labute approximate surface area is 149 Å². The molecule has 0 aliphatic carbocycles. The number of nitrogens with zero attached hydrogens (tertiary/aromatic N) is 1. The number of hydrogen-bond acceptors (Lipinski definition) is 5. The molecule has 0 spiro atoms. The van der Waals surface area contributed by atoms with Gasteiger partial charge < -0.3 is 10.6 Å². The quantitative estimate of drug-likeness (QED) is 0.747. The van der Waals surface area contributed by atoms with Crippen LogP contribution in [0.25, 0.3) is 9.88 Å². The van der Waals surface area contributed by atoms with Crippen LogP contribution < -0.4 is 10.6 Å². The monoisotopic (exact) mass is 387 g/mol. The van der Waals surface area contributed by atoms with Crippen LogP contribution in [0.1, 0.15) is 5.69 Å². The van der Waals surface area contributed by atoms with Crippen LogP contribution >= 0.6 is 59.1 Å². The third-order valence-corrected chi connectivity index (χ3v) is 4.67. The molecule has 0 saturated carbocycles. The lowest BCUT2D eigenvalue weighted by Gasteiger charge is -2.02. The fraction of sp³-hybridized carbons (Fsp3) is 0.333. The Bertz CT molecular complexity index is 559. The summed E-state index contributed by atoms with van der Waals surface area (Å²) in [6.45, 7) is 1.40. The number of aromatic nitrogens is 1. The summed E-state index contributed by atoms with van der Waals surface area (Å²) < 4.78 is 0.747. The summed E-state index contributed by atoms with van der Waals surface area (Å²) in [7, 11) is 1.85. The molecule has 2 N–H and O–H groups in total. The highest BCUT2D eigenvalue weighted by atomic mass is 35.5. The average Bonchev–Trinajstić information content (AvgIpc) is 2.98. The van der Waals surface area contributed by atoms with Gasteiger partial charge in [-0.05, 0) is 19.2 Å². The predicted molar refractivity (Wildman–Crippen MR) is 95.6 cm³/mol. The third kappa shape index (κ3) is 6.50. The molecule has 1 amide bonds. The predicted octanol–water partition coefficient (Wildman–Crippen LogP) is 3.25. The first kappa shape index (κ1) is 20.6. The first-order chi connectivity index (χ1) is 9.19. The molecule has 4 nitrogen and oxygen atoms in total. The molecule has 0 atom stereocenters. The summed E-state index contributed by atoms with van der Waals surface area (Å²) in [6, 6.07) is 3.80. The number of rotatable bonds is 6. The van der Waals surface area contributed by atoms with Gasteiger partial charge in [-0.1, -0.05) is 11.6 Å². The number of amides is 1. The number of carbonyl (C=O) groups excluding carboxylic acids is 1. The Balaban J connectivity index is 0.00000200. The van der Waals surface area contributed by atoms with Gasteiger partial charge in [-0.3, -0.25) is 4.79 Å². The summed E-state index contributed by atoms with van der Waals surface area (Å²) in [6.07, 6.45) is 0.319. The molecule has 118 valence electrons. The van der Waals surface area contributed by atoms with Crippen molar-refractivity contribution in [1.29, 1.82) is 0 Å². The van der Waals surface area contributed by atoms with Crippen LogP contribution in [0, 0.1) is 0 Å². The largest absolute Gasteiger partial charge is 0.354 e. The Morgan fingerprint density at radius 1 is 1.33 bits per heavy atom. The maximum absolute atomic E-state index is 11.6. The first-order valence-electron chi connectivity index (χ1n) is 5.80. The van der Waals surface area contributed by atoms with Gasteiger partial charge in [0, 0.05) is 18.5 Å². The zero-order valence-electron chi connectivity index (χ0n) is 11.2. The molecule has 2 heterocycles. The molecular weight excluding hydrogens is 373 g/mol. The van der Waals surface area contributed by atoms with E-state index < -0.39 is 0 Å². The molecule has 0 aliphatic heterocycles. The van der Waals surface area contributed by atoms with E-state index in [1.54, 1.807) is 0 Å². The van der Waals surface area contributed by atoms with Crippen molar-refractivity contribution in [1.82, 2.24) is 15.6 Å². The van der Waals surface area contributed by atoms with Gasteiger partial charge in [0.25, 0.3) is 0 Å². The second-order valence-electron chi connectivity index (χ2n) is 3.88. The summed E-state index contributed by atoms with van der Waals surface area (Å²) in [4.78, 5) is 17.1. The van der Waals surface area contributed by atoms with E-state index in [9.17, 15) is 4.79 Å². The second kappa shape index (κ2) is 10.4. The molecule has 9 heteroatoms. The average molecular weight is 389 g/mol. The normalized spacial score (nSPS) is 9.62. The van der Waals surface area contributed by atoms with E-state index in [-0.39, 0.29) is 30.7 Å². The molecule has 0 aromatic carbocycles. The van der Waals surface area contributed by atoms with Crippen molar-refractivity contribution in [3.8, 4) is 9.88 Å². The van der Waals surface area contributed by atoms with Crippen molar-refractivity contribution >= 4 is 65.0 Å². The van der Waals surface area contributed by atoms with Crippen molar-refractivity contribution < 1.29 is 4.79 Å². The number of carbonyl (C=O) groups is 1.